The second-order valence-electron chi connectivity index (χ2n) is 6.83. The van der Waals surface area contributed by atoms with Gasteiger partial charge in [-0.1, -0.05) is 36.4 Å². The first-order valence-corrected chi connectivity index (χ1v) is 9.19. The Kier molecular flexibility index (Phi) is 5.53. The van der Waals surface area contributed by atoms with Gasteiger partial charge in [-0.2, -0.15) is 5.26 Å². The van der Waals surface area contributed by atoms with Gasteiger partial charge < -0.3 is 24.8 Å². The third kappa shape index (κ3) is 4.15. The van der Waals surface area contributed by atoms with Gasteiger partial charge in [0.1, 0.15) is 18.3 Å². The lowest BCUT2D eigenvalue weighted by atomic mass is 10.1. The number of carbonyl (C=O) groups excluding carboxylic acids is 1. The Bertz CT molecular complexity index is 867. The molecule has 0 radical (unpaired) electrons. The summed E-state index contributed by atoms with van der Waals surface area (Å²) in [6.07, 6.45) is -0.597. The summed E-state index contributed by atoms with van der Waals surface area (Å²) in [5.41, 5.74) is 2.14. The number of benzene rings is 2. The van der Waals surface area contributed by atoms with Crippen LogP contribution in [0, 0.1) is 11.3 Å². The molecule has 7 heteroatoms. The molecule has 2 aliphatic heterocycles. The first kappa shape index (κ1) is 18.4. The van der Waals surface area contributed by atoms with E-state index in [1.165, 1.54) is 0 Å². The number of urea groups is 1. The van der Waals surface area contributed by atoms with Crippen LogP contribution in [0.5, 0.6) is 0 Å². The van der Waals surface area contributed by atoms with E-state index in [1.807, 2.05) is 36.4 Å². The first-order chi connectivity index (χ1) is 13.7. The second kappa shape index (κ2) is 8.40. The quantitative estimate of drug-likeness (QED) is 0.832. The van der Waals surface area contributed by atoms with Gasteiger partial charge in [-0.3, -0.25) is 0 Å². The molecule has 4 atom stereocenters. The van der Waals surface area contributed by atoms with Crippen molar-refractivity contribution in [2.24, 2.45) is 0 Å². The summed E-state index contributed by atoms with van der Waals surface area (Å²) in [5.74, 6) is 0. The Morgan fingerprint density at radius 3 is 2.75 bits per heavy atom. The number of nitriles is 1. The van der Waals surface area contributed by atoms with Crippen LogP contribution in [-0.2, 0) is 20.8 Å². The van der Waals surface area contributed by atoms with Gasteiger partial charge in [0.05, 0.1) is 37.5 Å². The van der Waals surface area contributed by atoms with Crippen LogP contribution >= 0.6 is 0 Å². The molecule has 7 nitrogen and oxygen atoms in total. The molecule has 144 valence electrons. The number of nitrogens with zero attached hydrogens (tertiary/aromatic N) is 1. The van der Waals surface area contributed by atoms with Crippen molar-refractivity contribution in [3.63, 3.8) is 0 Å². The highest BCUT2D eigenvalue weighted by Gasteiger charge is 2.48. The molecule has 2 aromatic carbocycles. The van der Waals surface area contributed by atoms with Gasteiger partial charge in [0.25, 0.3) is 0 Å². The minimum Gasteiger partial charge on any atom is -0.370 e. The maximum absolute atomic E-state index is 12.3. The van der Waals surface area contributed by atoms with E-state index in [0.29, 0.717) is 31.1 Å². The summed E-state index contributed by atoms with van der Waals surface area (Å²) >= 11 is 0. The predicted octanol–water partition coefficient (Wildman–Crippen LogP) is 2.43. The molecule has 2 heterocycles. The van der Waals surface area contributed by atoms with E-state index < -0.39 is 0 Å². The Morgan fingerprint density at radius 1 is 1.11 bits per heavy atom. The Morgan fingerprint density at radius 2 is 1.93 bits per heavy atom. The lowest BCUT2D eigenvalue weighted by molar-refractivity contribution is -0.0392. The smallest absolute Gasteiger partial charge is 0.319 e. The van der Waals surface area contributed by atoms with Gasteiger partial charge >= 0.3 is 6.03 Å². The van der Waals surface area contributed by atoms with Gasteiger partial charge in [-0.15, -0.1) is 0 Å². The van der Waals surface area contributed by atoms with Crippen molar-refractivity contribution in [2.75, 3.05) is 18.5 Å². The van der Waals surface area contributed by atoms with E-state index in [1.54, 1.807) is 24.3 Å². The van der Waals surface area contributed by atoms with E-state index in [-0.39, 0.29) is 30.4 Å². The van der Waals surface area contributed by atoms with Gasteiger partial charge in [0.2, 0.25) is 0 Å². The highest BCUT2D eigenvalue weighted by Crippen LogP contribution is 2.29. The monoisotopic (exact) mass is 379 g/mol. The molecule has 2 saturated heterocycles. The fraction of sp³-hybridized carbons (Fsp3) is 0.333. The fourth-order valence-corrected chi connectivity index (χ4v) is 3.51. The summed E-state index contributed by atoms with van der Waals surface area (Å²) in [6, 6.07) is 18.1. The molecule has 0 aromatic heterocycles. The summed E-state index contributed by atoms with van der Waals surface area (Å²) in [7, 11) is 0. The van der Waals surface area contributed by atoms with Crippen LogP contribution < -0.4 is 10.6 Å². The highest BCUT2D eigenvalue weighted by atomic mass is 16.6. The topological polar surface area (TPSA) is 92.6 Å². The van der Waals surface area contributed by atoms with E-state index in [2.05, 4.69) is 10.6 Å². The van der Waals surface area contributed by atoms with E-state index in [0.717, 1.165) is 5.56 Å². The number of hydrogen-bond donors (Lipinski definition) is 2. The lowest BCUT2D eigenvalue weighted by Gasteiger charge is -2.18. The fourth-order valence-electron chi connectivity index (χ4n) is 3.51. The molecule has 2 amide bonds. The van der Waals surface area contributed by atoms with Crippen molar-refractivity contribution < 1.29 is 19.0 Å². The molecule has 4 rings (SSSR count). The molecule has 2 N–H and O–H groups in total. The average Bonchev–Trinajstić information content (AvgIpc) is 3.30. The Hall–Kier alpha value is -2.92. The largest absolute Gasteiger partial charge is 0.370 e. The molecule has 2 aliphatic rings. The van der Waals surface area contributed by atoms with Crippen LogP contribution in [0.4, 0.5) is 10.5 Å². The number of carbonyl (C=O) groups is 1. The molecule has 0 unspecified atom stereocenters. The van der Waals surface area contributed by atoms with Crippen LogP contribution in [0.2, 0.25) is 0 Å². The van der Waals surface area contributed by atoms with Crippen molar-refractivity contribution in [3.8, 4) is 6.07 Å². The van der Waals surface area contributed by atoms with Crippen LogP contribution in [0.1, 0.15) is 11.1 Å². The van der Waals surface area contributed by atoms with Gasteiger partial charge in [-0.05, 0) is 23.8 Å². The van der Waals surface area contributed by atoms with Crippen molar-refractivity contribution in [2.45, 2.75) is 31.0 Å². The zero-order valence-electron chi connectivity index (χ0n) is 15.2. The molecule has 0 aliphatic carbocycles. The Labute approximate surface area is 163 Å². The van der Waals surface area contributed by atoms with Crippen molar-refractivity contribution >= 4 is 11.7 Å². The standard InChI is InChI=1S/C21H21N3O4/c22-10-15-7-4-8-16(9-15)23-21(25)24-17-12-27-20-18(13-28-19(17)20)26-11-14-5-2-1-3-6-14/h1-9,17-20H,11-13H2,(H2,23,24,25)/t17-,18-,19-,20+/m0/s1. The van der Waals surface area contributed by atoms with Gasteiger partial charge in [0.15, 0.2) is 0 Å². The van der Waals surface area contributed by atoms with Crippen molar-refractivity contribution in [1.82, 2.24) is 5.32 Å². The molecule has 2 aromatic rings. The number of hydrogen-bond acceptors (Lipinski definition) is 5. The van der Waals surface area contributed by atoms with Gasteiger partial charge in [-0.25, -0.2) is 4.79 Å². The summed E-state index contributed by atoms with van der Waals surface area (Å²) < 4.78 is 17.7. The lowest BCUT2D eigenvalue weighted by Crippen LogP contribution is -2.46. The summed E-state index contributed by atoms with van der Waals surface area (Å²) in [4.78, 5) is 12.3. The average molecular weight is 379 g/mol. The number of anilines is 1. The number of rotatable bonds is 5. The first-order valence-electron chi connectivity index (χ1n) is 9.19. The molecular weight excluding hydrogens is 358 g/mol. The molecule has 0 bridgehead atoms. The second-order valence-corrected chi connectivity index (χ2v) is 6.83. The SMILES string of the molecule is N#Cc1cccc(NC(=O)N[C@H]2CO[C@H]3[C@H]2OC[C@@H]3OCc2ccccc2)c1. The zero-order valence-corrected chi connectivity index (χ0v) is 15.2. The van der Waals surface area contributed by atoms with Crippen molar-refractivity contribution in [3.05, 3.63) is 65.7 Å². The summed E-state index contributed by atoms with van der Waals surface area (Å²) in [5, 5.41) is 14.6. The minimum absolute atomic E-state index is 0.160. The molecule has 0 spiro atoms. The van der Waals surface area contributed by atoms with Crippen LogP contribution in [0.15, 0.2) is 54.6 Å². The number of ether oxygens (including phenoxy) is 3. The predicted molar refractivity (Wildman–Crippen MR) is 102 cm³/mol. The maximum atomic E-state index is 12.3. The molecular formula is C21H21N3O4. The summed E-state index contributed by atoms with van der Waals surface area (Å²) in [6.45, 7) is 1.30. The maximum Gasteiger partial charge on any atom is 0.319 e. The Balaban J connectivity index is 1.29. The normalized spacial score (nSPS) is 25.7. The van der Waals surface area contributed by atoms with E-state index in [4.69, 9.17) is 19.5 Å². The van der Waals surface area contributed by atoms with Crippen molar-refractivity contribution in [1.29, 1.82) is 5.26 Å². The van der Waals surface area contributed by atoms with Crippen LogP contribution in [-0.4, -0.2) is 43.6 Å². The third-order valence-corrected chi connectivity index (χ3v) is 4.88. The zero-order chi connectivity index (χ0) is 19.3. The number of nitrogens with one attached hydrogen (secondary N) is 2. The number of amides is 2. The van der Waals surface area contributed by atoms with Crippen LogP contribution in [0.3, 0.4) is 0 Å². The third-order valence-electron chi connectivity index (χ3n) is 4.88. The molecule has 2 fully saturated rings. The molecule has 0 saturated carbocycles. The van der Waals surface area contributed by atoms with Crippen LogP contribution in [0.25, 0.3) is 0 Å². The molecule has 28 heavy (non-hydrogen) atoms. The van der Waals surface area contributed by atoms with E-state index in [9.17, 15) is 4.79 Å². The van der Waals surface area contributed by atoms with Gasteiger partial charge in [0, 0.05) is 5.69 Å². The minimum atomic E-state index is -0.360. The number of fused-ring (bicyclic) bond motifs is 1. The highest BCUT2D eigenvalue weighted by molar-refractivity contribution is 5.89. The van der Waals surface area contributed by atoms with E-state index >= 15 is 0 Å².